The second-order valence-corrected chi connectivity index (χ2v) is 9.70. The van der Waals surface area contributed by atoms with Crippen LogP contribution in [0.4, 0.5) is 4.79 Å². The monoisotopic (exact) mass is 390 g/mol. The van der Waals surface area contributed by atoms with Gasteiger partial charge in [0.15, 0.2) is 0 Å². The zero-order valence-electron chi connectivity index (χ0n) is 17.6. The molecule has 0 unspecified atom stereocenters. The van der Waals surface area contributed by atoms with Crippen LogP contribution in [0.15, 0.2) is 11.3 Å². The van der Waals surface area contributed by atoms with E-state index in [4.69, 9.17) is 9.47 Å². The number of carbonyl (C=O) groups excluding carboxylic acids is 2. The third kappa shape index (κ3) is 3.44. The first kappa shape index (κ1) is 19.7. The molecule has 4 rings (SSSR count). The third-order valence-electron chi connectivity index (χ3n) is 6.76. The molecule has 0 aromatic rings. The lowest BCUT2D eigenvalue weighted by molar-refractivity contribution is -0.142. The Kier molecular flexibility index (Phi) is 5.19. The van der Waals surface area contributed by atoms with Gasteiger partial charge >= 0.3 is 6.09 Å². The lowest BCUT2D eigenvalue weighted by Gasteiger charge is -2.40. The molecule has 6 nitrogen and oxygen atoms in total. The maximum Gasteiger partial charge on any atom is 0.410 e. The molecule has 3 heterocycles. The maximum atomic E-state index is 13.7. The number of rotatable bonds is 1. The van der Waals surface area contributed by atoms with Gasteiger partial charge in [-0.25, -0.2) is 4.79 Å². The Hall–Kier alpha value is -1.56. The van der Waals surface area contributed by atoms with Gasteiger partial charge in [0.1, 0.15) is 5.60 Å². The fourth-order valence-corrected chi connectivity index (χ4v) is 5.41. The molecule has 4 aliphatic rings. The van der Waals surface area contributed by atoms with Crippen molar-refractivity contribution in [2.75, 3.05) is 26.3 Å². The minimum atomic E-state index is -0.476. The Morgan fingerprint density at radius 3 is 2.39 bits per heavy atom. The molecule has 1 aliphatic carbocycles. The predicted molar refractivity (Wildman–Crippen MR) is 106 cm³/mol. The summed E-state index contributed by atoms with van der Waals surface area (Å²) >= 11 is 0. The van der Waals surface area contributed by atoms with Crippen molar-refractivity contribution >= 4 is 12.0 Å². The van der Waals surface area contributed by atoms with Crippen molar-refractivity contribution in [3.8, 4) is 0 Å². The summed E-state index contributed by atoms with van der Waals surface area (Å²) in [6.07, 6.45) is 7.53. The Morgan fingerprint density at radius 2 is 1.75 bits per heavy atom. The maximum absolute atomic E-state index is 13.7. The summed E-state index contributed by atoms with van der Waals surface area (Å²) in [5.41, 5.74) is 1.96. The summed E-state index contributed by atoms with van der Waals surface area (Å²) in [6, 6.07) is 0.205. The van der Waals surface area contributed by atoms with E-state index in [1.807, 2.05) is 20.8 Å². The first-order chi connectivity index (χ1) is 13.3. The van der Waals surface area contributed by atoms with Gasteiger partial charge in [-0.2, -0.15) is 0 Å². The van der Waals surface area contributed by atoms with Crippen LogP contribution in [0.3, 0.4) is 0 Å². The first-order valence-electron chi connectivity index (χ1n) is 10.9. The lowest BCUT2D eigenvalue weighted by atomic mass is 9.71. The molecule has 0 atom stereocenters. The van der Waals surface area contributed by atoms with Gasteiger partial charge in [0.05, 0.1) is 5.41 Å². The van der Waals surface area contributed by atoms with Gasteiger partial charge in [-0.3, -0.25) is 4.79 Å². The van der Waals surface area contributed by atoms with E-state index in [2.05, 4.69) is 4.90 Å². The molecule has 2 amide bonds. The number of fused-ring (bicyclic) bond motifs is 1. The van der Waals surface area contributed by atoms with Crippen LogP contribution in [-0.4, -0.2) is 59.7 Å². The smallest absolute Gasteiger partial charge is 0.410 e. The van der Waals surface area contributed by atoms with Crippen LogP contribution in [0.25, 0.3) is 0 Å². The van der Waals surface area contributed by atoms with Gasteiger partial charge in [-0.1, -0.05) is 0 Å². The van der Waals surface area contributed by atoms with Crippen molar-refractivity contribution in [1.29, 1.82) is 0 Å². The van der Waals surface area contributed by atoms with E-state index in [-0.39, 0.29) is 17.6 Å². The summed E-state index contributed by atoms with van der Waals surface area (Å²) in [7, 11) is 0. The van der Waals surface area contributed by atoms with E-state index in [1.54, 1.807) is 4.90 Å². The fraction of sp³-hybridized carbons (Fsp3) is 0.818. The van der Waals surface area contributed by atoms with E-state index < -0.39 is 5.60 Å². The first-order valence-corrected chi connectivity index (χ1v) is 10.9. The minimum Gasteiger partial charge on any atom is -0.444 e. The molecule has 1 spiro atoms. The van der Waals surface area contributed by atoms with Crippen LogP contribution in [0.1, 0.15) is 72.1 Å². The summed E-state index contributed by atoms with van der Waals surface area (Å²) in [4.78, 5) is 30.0. The highest BCUT2D eigenvalue weighted by Crippen LogP contribution is 2.53. The van der Waals surface area contributed by atoms with Gasteiger partial charge in [-0.05, 0) is 77.7 Å². The number of allylic oxidation sites excluding steroid dienone is 1. The molecule has 156 valence electrons. The van der Waals surface area contributed by atoms with Gasteiger partial charge in [0, 0.05) is 38.0 Å². The van der Waals surface area contributed by atoms with Gasteiger partial charge in [0.25, 0.3) is 0 Å². The van der Waals surface area contributed by atoms with Crippen molar-refractivity contribution in [3.63, 3.8) is 0 Å². The van der Waals surface area contributed by atoms with Crippen molar-refractivity contribution in [2.24, 2.45) is 5.41 Å². The van der Waals surface area contributed by atoms with Crippen LogP contribution >= 0.6 is 0 Å². The molecule has 0 aromatic heterocycles. The zero-order valence-corrected chi connectivity index (χ0v) is 17.6. The van der Waals surface area contributed by atoms with Crippen molar-refractivity contribution in [2.45, 2.75) is 83.8 Å². The predicted octanol–water partition coefficient (Wildman–Crippen LogP) is 3.85. The van der Waals surface area contributed by atoms with Gasteiger partial charge in [-0.15, -0.1) is 0 Å². The topological polar surface area (TPSA) is 59.1 Å². The highest BCUT2D eigenvalue weighted by molar-refractivity contribution is 5.91. The number of piperidine rings is 1. The fourth-order valence-electron chi connectivity index (χ4n) is 5.41. The highest BCUT2D eigenvalue weighted by Gasteiger charge is 2.54. The molecule has 0 N–H and O–H groups in total. The molecule has 0 aromatic carbocycles. The lowest BCUT2D eigenvalue weighted by Crippen LogP contribution is -2.50. The standard InChI is InChI=1S/C22H34N2O4/c1-21(2,3)28-20(26)23-12-8-16(9-13-23)24-18-7-5-4-6-17(18)22(19(24)25)10-14-27-15-11-22/h16H,4-15H2,1-3H3. The van der Waals surface area contributed by atoms with Crippen LogP contribution in [-0.2, 0) is 14.3 Å². The molecular formula is C22H34N2O4. The molecular weight excluding hydrogens is 356 g/mol. The molecule has 0 bridgehead atoms. The van der Waals surface area contributed by atoms with E-state index in [0.717, 1.165) is 38.5 Å². The minimum absolute atomic E-state index is 0.205. The van der Waals surface area contributed by atoms with Crippen molar-refractivity contribution in [3.05, 3.63) is 11.3 Å². The molecule has 3 aliphatic heterocycles. The largest absolute Gasteiger partial charge is 0.444 e. The molecule has 0 saturated carbocycles. The van der Waals surface area contributed by atoms with E-state index in [9.17, 15) is 9.59 Å². The Morgan fingerprint density at radius 1 is 1.11 bits per heavy atom. The average molecular weight is 391 g/mol. The van der Waals surface area contributed by atoms with E-state index in [1.165, 1.54) is 24.1 Å². The Labute approximate surface area is 168 Å². The van der Waals surface area contributed by atoms with Crippen molar-refractivity contribution in [1.82, 2.24) is 9.80 Å². The number of hydrogen-bond acceptors (Lipinski definition) is 4. The Balaban J connectivity index is 1.48. The molecule has 6 heteroatoms. The summed E-state index contributed by atoms with van der Waals surface area (Å²) in [5.74, 6) is 0.318. The number of nitrogens with zero attached hydrogens (tertiary/aromatic N) is 2. The number of carbonyl (C=O) groups is 2. The van der Waals surface area contributed by atoms with Crippen LogP contribution < -0.4 is 0 Å². The second-order valence-electron chi connectivity index (χ2n) is 9.70. The van der Waals surface area contributed by atoms with Crippen LogP contribution in [0.2, 0.25) is 0 Å². The quantitative estimate of drug-likeness (QED) is 0.682. The van der Waals surface area contributed by atoms with Gasteiger partial charge in [0.2, 0.25) is 5.91 Å². The zero-order chi connectivity index (χ0) is 19.9. The third-order valence-corrected chi connectivity index (χ3v) is 6.76. The van der Waals surface area contributed by atoms with Crippen molar-refractivity contribution < 1.29 is 19.1 Å². The molecule has 28 heavy (non-hydrogen) atoms. The Bertz CT molecular complexity index is 665. The van der Waals surface area contributed by atoms with E-state index >= 15 is 0 Å². The molecule has 2 saturated heterocycles. The highest BCUT2D eigenvalue weighted by atomic mass is 16.6. The van der Waals surface area contributed by atoms with Crippen LogP contribution in [0.5, 0.6) is 0 Å². The van der Waals surface area contributed by atoms with Crippen LogP contribution in [0, 0.1) is 5.41 Å². The number of amides is 2. The summed E-state index contributed by atoms with van der Waals surface area (Å²) in [5, 5.41) is 0. The second kappa shape index (κ2) is 7.36. The SMILES string of the molecule is CC(C)(C)OC(=O)N1CCC(N2C(=O)C3(CCOCC3)C3=C2CCCC3)CC1. The van der Waals surface area contributed by atoms with Gasteiger partial charge < -0.3 is 19.3 Å². The van der Waals surface area contributed by atoms with E-state index in [0.29, 0.717) is 32.2 Å². The molecule has 2 fully saturated rings. The summed E-state index contributed by atoms with van der Waals surface area (Å²) < 4.78 is 11.1. The summed E-state index contributed by atoms with van der Waals surface area (Å²) in [6.45, 7) is 8.37. The number of likely N-dealkylation sites (tertiary alicyclic amines) is 1. The average Bonchev–Trinajstić information content (AvgIpc) is 2.90. The number of ether oxygens (including phenoxy) is 2. The molecule has 0 radical (unpaired) electrons. The number of hydrogen-bond donors (Lipinski definition) is 0. The normalized spacial score (nSPS) is 26.0.